The summed E-state index contributed by atoms with van der Waals surface area (Å²) in [6.45, 7) is 0. The van der Waals surface area contributed by atoms with Gasteiger partial charge in [-0.25, -0.2) is 0 Å². The molecule has 0 fully saturated rings. The number of nitrogens with zero attached hydrogens (tertiary/aromatic N) is 1. The molecular weight excluding hydrogens is 320 g/mol. The molecular formula is C11H7BrN2O3S. The highest BCUT2D eigenvalue weighted by molar-refractivity contribution is 9.10. The van der Waals surface area contributed by atoms with E-state index in [-0.39, 0.29) is 16.5 Å². The molecule has 1 aromatic carbocycles. The van der Waals surface area contributed by atoms with Crippen molar-refractivity contribution in [1.82, 2.24) is 0 Å². The molecule has 0 bridgehead atoms. The summed E-state index contributed by atoms with van der Waals surface area (Å²) in [5.41, 5.74) is 0.923. The van der Waals surface area contributed by atoms with Gasteiger partial charge in [-0.15, -0.1) is 0 Å². The molecule has 0 aliphatic heterocycles. The van der Waals surface area contributed by atoms with Crippen molar-refractivity contribution in [2.75, 3.05) is 5.32 Å². The van der Waals surface area contributed by atoms with Gasteiger partial charge < -0.3 is 5.32 Å². The van der Waals surface area contributed by atoms with E-state index in [1.54, 1.807) is 24.3 Å². The summed E-state index contributed by atoms with van der Waals surface area (Å²) in [4.78, 5) is 21.8. The molecule has 0 aliphatic rings. The van der Waals surface area contributed by atoms with Gasteiger partial charge in [0, 0.05) is 21.6 Å². The Morgan fingerprint density at radius 1 is 1.33 bits per heavy atom. The zero-order chi connectivity index (χ0) is 13.1. The molecule has 1 heterocycles. The van der Waals surface area contributed by atoms with Crippen LogP contribution in [0.5, 0.6) is 0 Å². The maximum absolute atomic E-state index is 11.8. The first kappa shape index (κ1) is 12.7. The number of rotatable bonds is 3. The maximum Gasteiger partial charge on any atom is 0.324 e. The minimum Gasteiger partial charge on any atom is -0.322 e. The van der Waals surface area contributed by atoms with Crippen LogP contribution >= 0.6 is 27.3 Å². The van der Waals surface area contributed by atoms with Gasteiger partial charge in [-0.2, -0.15) is 0 Å². The van der Waals surface area contributed by atoms with Crippen LogP contribution in [-0.4, -0.2) is 10.8 Å². The Morgan fingerprint density at radius 2 is 2.00 bits per heavy atom. The van der Waals surface area contributed by atoms with E-state index in [9.17, 15) is 14.9 Å². The van der Waals surface area contributed by atoms with Crippen LogP contribution in [0.1, 0.15) is 10.4 Å². The van der Waals surface area contributed by atoms with E-state index in [0.29, 0.717) is 5.69 Å². The van der Waals surface area contributed by atoms with Crippen LogP contribution in [-0.2, 0) is 0 Å². The molecule has 18 heavy (non-hydrogen) atoms. The van der Waals surface area contributed by atoms with Gasteiger partial charge in [0.1, 0.15) is 0 Å². The fraction of sp³-hybridized carbons (Fsp3) is 0. The average molecular weight is 327 g/mol. The normalized spacial score (nSPS) is 10.1. The SMILES string of the molecule is O=C(Nc1ccc(Br)cc1)c1csc([N+](=O)[O-])c1. The van der Waals surface area contributed by atoms with Crippen LogP contribution in [0.4, 0.5) is 10.7 Å². The summed E-state index contributed by atoms with van der Waals surface area (Å²) in [6.07, 6.45) is 0. The molecule has 0 saturated heterocycles. The molecule has 7 heteroatoms. The topological polar surface area (TPSA) is 72.2 Å². The highest BCUT2D eigenvalue weighted by atomic mass is 79.9. The van der Waals surface area contributed by atoms with Crippen LogP contribution in [0.25, 0.3) is 0 Å². The van der Waals surface area contributed by atoms with Crippen molar-refractivity contribution in [2.24, 2.45) is 0 Å². The van der Waals surface area contributed by atoms with Gasteiger partial charge in [0.2, 0.25) is 0 Å². The number of thiophene rings is 1. The number of carbonyl (C=O) groups excluding carboxylic acids is 1. The van der Waals surface area contributed by atoms with Crippen molar-refractivity contribution in [2.45, 2.75) is 0 Å². The second kappa shape index (κ2) is 5.28. The van der Waals surface area contributed by atoms with E-state index in [1.807, 2.05) is 0 Å². The lowest BCUT2D eigenvalue weighted by Gasteiger charge is -2.02. The number of halogens is 1. The molecule has 0 radical (unpaired) electrons. The molecule has 1 amide bonds. The van der Waals surface area contributed by atoms with Gasteiger partial charge in [0.05, 0.1) is 10.5 Å². The third kappa shape index (κ3) is 2.93. The second-order valence-corrected chi connectivity index (χ2v) is 5.20. The molecule has 0 spiro atoms. The predicted molar refractivity (Wildman–Crippen MR) is 73.1 cm³/mol. The van der Waals surface area contributed by atoms with Gasteiger partial charge in [-0.05, 0) is 24.3 Å². The molecule has 1 N–H and O–H groups in total. The van der Waals surface area contributed by atoms with E-state index < -0.39 is 4.92 Å². The number of hydrogen-bond acceptors (Lipinski definition) is 4. The Hall–Kier alpha value is -1.73. The minimum atomic E-state index is -0.513. The summed E-state index contributed by atoms with van der Waals surface area (Å²) in [6, 6.07) is 8.34. The van der Waals surface area contributed by atoms with Crippen molar-refractivity contribution in [3.63, 3.8) is 0 Å². The first-order chi connectivity index (χ1) is 8.56. The summed E-state index contributed by atoms with van der Waals surface area (Å²) in [5, 5.41) is 14.6. The highest BCUT2D eigenvalue weighted by Gasteiger charge is 2.14. The van der Waals surface area contributed by atoms with Crippen molar-refractivity contribution in [1.29, 1.82) is 0 Å². The number of nitro groups is 1. The lowest BCUT2D eigenvalue weighted by Crippen LogP contribution is -2.10. The van der Waals surface area contributed by atoms with Gasteiger partial charge in [-0.3, -0.25) is 14.9 Å². The maximum atomic E-state index is 11.8. The van der Waals surface area contributed by atoms with Gasteiger partial charge >= 0.3 is 5.00 Å². The van der Waals surface area contributed by atoms with Crippen LogP contribution < -0.4 is 5.32 Å². The summed E-state index contributed by atoms with van der Waals surface area (Å²) >= 11 is 4.22. The van der Waals surface area contributed by atoms with Gasteiger partial charge in [0.15, 0.2) is 0 Å². The number of hydrogen-bond donors (Lipinski definition) is 1. The van der Waals surface area contributed by atoms with Crippen molar-refractivity contribution in [3.8, 4) is 0 Å². The van der Waals surface area contributed by atoms with Crippen LogP contribution in [0.2, 0.25) is 0 Å². The largest absolute Gasteiger partial charge is 0.324 e. The molecule has 0 atom stereocenters. The zero-order valence-electron chi connectivity index (χ0n) is 8.92. The number of amides is 1. The quantitative estimate of drug-likeness (QED) is 0.690. The number of anilines is 1. The van der Waals surface area contributed by atoms with E-state index >= 15 is 0 Å². The molecule has 0 saturated carbocycles. The Morgan fingerprint density at radius 3 is 2.56 bits per heavy atom. The van der Waals surface area contributed by atoms with E-state index in [4.69, 9.17) is 0 Å². The zero-order valence-corrected chi connectivity index (χ0v) is 11.3. The summed E-state index contributed by atoms with van der Waals surface area (Å²) in [7, 11) is 0. The van der Waals surface area contributed by atoms with Crippen molar-refractivity contribution < 1.29 is 9.72 Å². The van der Waals surface area contributed by atoms with E-state index in [2.05, 4.69) is 21.2 Å². The summed E-state index contributed by atoms with van der Waals surface area (Å²) in [5.74, 6) is -0.360. The second-order valence-electron chi connectivity index (χ2n) is 3.39. The fourth-order valence-corrected chi connectivity index (χ4v) is 2.24. The number of benzene rings is 1. The monoisotopic (exact) mass is 326 g/mol. The molecule has 92 valence electrons. The van der Waals surface area contributed by atoms with Crippen molar-refractivity contribution >= 4 is 43.9 Å². The Bertz CT molecular complexity index is 595. The third-order valence-electron chi connectivity index (χ3n) is 2.13. The smallest absolute Gasteiger partial charge is 0.322 e. The summed E-state index contributed by atoms with van der Waals surface area (Å²) < 4.78 is 0.909. The average Bonchev–Trinajstić information content (AvgIpc) is 2.81. The molecule has 0 aliphatic carbocycles. The molecule has 2 rings (SSSR count). The van der Waals surface area contributed by atoms with Crippen LogP contribution in [0.3, 0.4) is 0 Å². The minimum absolute atomic E-state index is 0.0454. The van der Waals surface area contributed by atoms with Gasteiger partial charge in [0.25, 0.3) is 5.91 Å². The van der Waals surface area contributed by atoms with E-state index in [0.717, 1.165) is 15.8 Å². The standard InChI is InChI=1S/C11H7BrN2O3S/c12-8-1-3-9(4-2-8)13-11(15)7-5-10(14(16)17)18-6-7/h1-6H,(H,13,15). The van der Waals surface area contributed by atoms with Crippen molar-refractivity contribution in [3.05, 3.63) is 55.9 Å². The molecule has 0 unspecified atom stereocenters. The van der Waals surface area contributed by atoms with Gasteiger partial charge in [-0.1, -0.05) is 27.3 Å². The highest BCUT2D eigenvalue weighted by Crippen LogP contribution is 2.23. The molecule has 2 aromatic rings. The first-order valence-corrected chi connectivity index (χ1v) is 6.53. The fourth-order valence-electron chi connectivity index (χ4n) is 1.28. The third-order valence-corrected chi connectivity index (χ3v) is 3.54. The number of nitrogens with one attached hydrogen (secondary N) is 1. The Kier molecular flexibility index (Phi) is 3.73. The van der Waals surface area contributed by atoms with E-state index in [1.165, 1.54) is 11.4 Å². The van der Waals surface area contributed by atoms with Crippen LogP contribution in [0, 0.1) is 10.1 Å². The van der Waals surface area contributed by atoms with Crippen LogP contribution in [0.15, 0.2) is 40.2 Å². The lowest BCUT2D eigenvalue weighted by atomic mass is 10.3. The Balaban J connectivity index is 2.11. The Labute approximate surface area is 115 Å². The molecule has 5 nitrogen and oxygen atoms in total. The number of carbonyl (C=O) groups is 1. The molecule has 1 aromatic heterocycles. The lowest BCUT2D eigenvalue weighted by molar-refractivity contribution is -0.380. The first-order valence-electron chi connectivity index (χ1n) is 4.86. The predicted octanol–water partition coefficient (Wildman–Crippen LogP) is 3.67.